The molecular weight excluding hydrogens is 244 g/mol. The van der Waals surface area contributed by atoms with E-state index in [4.69, 9.17) is 4.74 Å². The maximum Gasteiger partial charge on any atom is 0.355 e. The van der Waals surface area contributed by atoms with Crippen LogP contribution in [0.2, 0.25) is 0 Å². The van der Waals surface area contributed by atoms with Gasteiger partial charge in [-0.15, -0.1) is 0 Å². The van der Waals surface area contributed by atoms with Crippen LogP contribution < -0.4 is 0 Å². The van der Waals surface area contributed by atoms with Crippen LogP contribution in [-0.2, 0) is 9.53 Å². The monoisotopic (exact) mass is 264 g/mol. The molecular formula is C14H20N2O3. The molecule has 2 rings (SSSR count). The molecule has 5 heteroatoms. The minimum atomic E-state index is -0.490. The summed E-state index contributed by atoms with van der Waals surface area (Å²) in [5, 5.41) is 0. The van der Waals surface area contributed by atoms with Gasteiger partial charge in [-0.25, -0.2) is 4.79 Å². The fourth-order valence-corrected chi connectivity index (χ4v) is 2.65. The summed E-state index contributed by atoms with van der Waals surface area (Å²) < 4.78 is 5.04. The predicted molar refractivity (Wildman–Crippen MR) is 70.7 cm³/mol. The lowest BCUT2D eigenvalue weighted by atomic mass is 9.97. The van der Waals surface area contributed by atoms with Crippen molar-refractivity contribution >= 4 is 11.9 Å². The van der Waals surface area contributed by atoms with E-state index in [2.05, 4.69) is 4.98 Å². The quantitative estimate of drug-likeness (QED) is 0.849. The topological polar surface area (TPSA) is 62.4 Å². The third kappa shape index (κ3) is 3.16. The highest BCUT2D eigenvalue weighted by atomic mass is 16.5. The summed E-state index contributed by atoms with van der Waals surface area (Å²) in [5.41, 5.74) is 0.368. The number of aromatic nitrogens is 1. The van der Waals surface area contributed by atoms with Crippen molar-refractivity contribution in [2.45, 2.75) is 45.2 Å². The summed E-state index contributed by atoms with van der Waals surface area (Å²) in [6.07, 6.45) is 4.82. The first-order valence-corrected chi connectivity index (χ1v) is 6.71. The second kappa shape index (κ2) is 5.91. The summed E-state index contributed by atoms with van der Waals surface area (Å²) in [6.45, 7) is 3.90. The van der Waals surface area contributed by atoms with E-state index in [1.165, 1.54) is 0 Å². The van der Waals surface area contributed by atoms with Gasteiger partial charge in [0.05, 0.1) is 0 Å². The minimum Gasteiger partial charge on any atom is -0.451 e. The Balaban J connectivity index is 1.88. The van der Waals surface area contributed by atoms with E-state index < -0.39 is 5.97 Å². The first kappa shape index (κ1) is 13.6. The number of ether oxygens (including phenoxy) is 1. The highest BCUT2D eigenvalue weighted by Crippen LogP contribution is 2.22. The zero-order valence-electron chi connectivity index (χ0n) is 11.4. The molecule has 0 radical (unpaired) electrons. The molecule has 1 aromatic heterocycles. The summed E-state index contributed by atoms with van der Waals surface area (Å²) in [7, 11) is 0. The highest BCUT2D eigenvalue weighted by Gasteiger charge is 2.29. The lowest BCUT2D eigenvalue weighted by Gasteiger charge is -2.38. The van der Waals surface area contributed by atoms with E-state index in [-0.39, 0.29) is 24.6 Å². The first-order valence-electron chi connectivity index (χ1n) is 6.71. The van der Waals surface area contributed by atoms with Crippen molar-refractivity contribution < 1.29 is 14.3 Å². The van der Waals surface area contributed by atoms with Gasteiger partial charge in [-0.3, -0.25) is 4.79 Å². The zero-order chi connectivity index (χ0) is 13.8. The zero-order valence-corrected chi connectivity index (χ0v) is 11.4. The van der Waals surface area contributed by atoms with E-state index >= 15 is 0 Å². The van der Waals surface area contributed by atoms with E-state index in [1.807, 2.05) is 18.7 Å². The van der Waals surface area contributed by atoms with Crippen molar-refractivity contribution in [3.05, 3.63) is 24.0 Å². The number of nitrogens with zero attached hydrogens (tertiary/aromatic N) is 1. The number of hydrogen-bond donors (Lipinski definition) is 1. The molecule has 0 unspecified atom stereocenters. The van der Waals surface area contributed by atoms with Crippen LogP contribution in [0.15, 0.2) is 18.3 Å². The summed E-state index contributed by atoms with van der Waals surface area (Å²) in [4.78, 5) is 28.4. The van der Waals surface area contributed by atoms with Crippen LogP contribution in [0.4, 0.5) is 0 Å². The molecule has 0 bridgehead atoms. The number of rotatable bonds is 3. The Hall–Kier alpha value is -1.78. The number of aromatic amines is 1. The Morgan fingerprint density at radius 1 is 1.37 bits per heavy atom. The second-order valence-corrected chi connectivity index (χ2v) is 5.09. The number of H-pyrrole nitrogens is 1. The number of carbonyl (C=O) groups is 2. The molecule has 1 aliphatic heterocycles. The standard InChI is InChI=1S/C14H20N2O3/c1-10-5-3-6-11(2)16(10)13(17)9-19-14(18)12-7-4-8-15-12/h4,7-8,10-11,15H,3,5-6,9H2,1-2H3/t10-,11-/m0/s1. The molecule has 19 heavy (non-hydrogen) atoms. The maximum absolute atomic E-state index is 12.1. The van der Waals surface area contributed by atoms with Crippen molar-refractivity contribution in [3.8, 4) is 0 Å². The fourth-order valence-electron chi connectivity index (χ4n) is 2.65. The number of carbonyl (C=O) groups excluding carboxylic acids is 2. The fraction of sp³-hybridized carbons (Fsp3) is 0.571. The number of esters is 1. The molecule has 0 aromatic carbocycles. The Morgan fingerprint density at radius 3 is 2.63 bits per heavy atom. The van der Waals surface area contributed by atoms with Crippen LogP contribution in [0.25, 0.3) is 0 Å². The van der Waals surface area contributed by atoms with Crippen molar-refractivity contribution in [2.75, 3.05) is 6.61 Å². The molecule has 1 aromatic rings. The van der Waals surface area contributed by atoms with Crippen molar-refractivity contribution in [1.82, 2.24) is 9.88 Å². The lowest BCUT2D eigenvalue weighted by Crippen LogP contribution is -2.49. The number of amides is 1. The molecule has 104 valence electrons. The van der Waals surface area contributed by atoms with E-state index in [0.29, 0.717) is 5.69 Å². The summed E-state index contributed by atoms with van der Waals surface area (Å²) in [6, 6.07) is 3.78. The molecule has 2 atom stereocenters. The van der Waals surface area contributed by atoms with Crippen LogP contribution >= 0.6 is 0 Å². The average Bonchev–Trinajstić information content (AvgIpc) is 2.89. The van der Waals surface area contributed by atoms with Gasteiger partial charge in [0.2, 0.25) is 0 Å². The van der Waals surface area contributed by atoms with Gasteiger partial charge in [-0.05, 0) is 45.2 Å². The SMILES string of the molecule is C[C@H]1CCC[C@H](C)N1C(=O)COC(=O)c1ccc[nH]1. The van der Waals surface area contributed by atoms with E-state index in [1.54, 1.807) is 18.3 Å². The third-order valence-corrected chi connectivity index (χ3v) is 3.63. The summed E-state index contributed by atoms with van der Waals surface area (Å²) >= 11 is 0. The van der Waals surface area contributed by atoms with Crippen LogP contribution in [0.3, 0.4) is 0 Å². The molecule has 0 saturated carbocycles. The highest BCUT2D eigenvalue weighted by molar-refractivity contribution is 5.89. The largest absolute Gasteiger partial charge is 0.451 e. The number of piperidine rings is 1. The lowest BCUT2D eigenvalue weighted by molar-refractivity contribution is -0.140. The van der Waals surface area contributed by atoms with Crippen LogP contribution in [0, 0.1) is 0 Å². The van der Waals surface area contributed by atoms with E-state index in [0.717, 1.165) is 19.3 Å². The van der Waals surface area contributed by atoms with Gasteiger partial charge in [0.25, 0.3) is 5.91 Å². The number of hydrogen-bond acceptors (Lipinski definition) is 3. The second-order valence-electron chi connectivity index (χ2n) is 5.09. The van der Waals surface area contributed by atoms with Crippen molar-refractivity contribution in [1.29, 1.82) is 0 Å². The Labute approximate surface area is 112 Å². The smallest absolute Gasteiger partial charge is 0.355 e. The van der Waals surface area contributed by atoms with E-state index in [9.17, 15) is 9.59 Å². The van der Waals surface area contributed by atoms with Crippen LogP contribution in [-0.4, -0.2) is 40.5 Å². The Bertz CT molecular complexity index is 432. The van der Waals surface area contributed by atoms with Crippen LogP contribution in [0.5, 0.6) is 0 Å². The molecule has 1 amide bonds. The molecule has 0 spiro atoms. The molecule has 5 nitrogen and oxygen atoms in total. The molecule has 0 aliphatic carbocycles. The minimum absolute atomic E-state index is 0.111. The maximum atomic E-state index is 12.1. The van der Waals surface area contributed by atoms with Gasteiger partial charge >= 0.3 is 5.97 Å². The molecule has 1 saturated heterocycles. The Kier molecular flexibility index (Phi) is 4.24. The molecule has 1 N–H and O–H groups in total. The van der Waals surface area contributed by atoms with Crippen molar-refractivity contribution in [2.24, 2.45) is 0 Å². The predicted octanol–water partition coefficient (Wildman–Crippen LogP) is 1.96. The Morgan fingerprint density at radius 2 is 2.05 bits per heavy atom. The molecule has 1 aliphatic rings. The normalized spacial score (nSPS) is 23.2. The van der Waals surface area contributed by atoms with Gasteiger partial charge in [-0.2, -0.15) is 0 Å². The third-order valence-electron chi connectivity index (χ3n) is 3.63. The molecule has 2 heterocycles. The van der Waals surface area contributed by atoms with Crippen molar-refractivity contribution in [3.63, 3.8) is 0 Å². The van der Waals surface area contributed by atoms with Gasteiger partial charge in [-0.1, -0.05) is 0 Å². The van der Waals surface area contributed by atoms with Gasteiger partial charge < -0.3 is 14.6 Å². The van der Waals surface area contributed by atoms with Gasteiger partial charge in [0, 0.05) is 18.3 Å². The van der Waals surface area contributed by atoms with Crippen LogP contribution in [0.1, 0.15) is 43.6 Å². The van der Waals surface area contributed by atoms with Gasteiger partial charge in [0.15, 0.2) is 6.61 Å². The first-order chi connectivity index (χ1) is 9.09. The van der Waals surface area contributed by atoms with Gasteiger partial charge in [0.1, 0.15) is 5.69 Å². The number of nitrogens with one attached hydrogen (secondary N) is 1. The summed E-state index contributed by atoms with van der Waals surface area (Å²) in [5.74, 6) is -0.602. The number of likely N-dealkylation sites (tertiary alicyclic amines) is 1. The average molecular weight is 264 g/mol. The molecule has 1 fully saturated rings.